The standard InChI is InChI=1S/C18H25N3O2/c1-14(22)12-21(16-10-6-3-7-11-16)13-17-19-20-18(23-17)15-8-4-2-5-9-15/h2,4-5,8-9,14,16,22H,3,6-7,10-13H2,1H3. The molecule has 1 fully saturated rings. The zero-order valence-electron chi connectivity index (χ0n) is 13.7. The van der Waals surface area contributed by atoms with Crippen molar-refractivity contribution in [2.24, 2.45) is 0 Å². The quantitative estimate of drug-likeness (QED) is 0.886. The van der Waals surface area contributed by atoms with Gasteiger partial charge in [-0.1, -0.05) is 37.5 Å². The highest BCUT2D eigenvalue weighted by Crippen LogP contribution is 2.25. The van der Waals surface area contributed by atoms with E-state index in [1.54, 1.807) is 0 Å². The van der Waals surface area contributed by atoms with Gasteiger partial charge in [0.15, 0.2) is 0 Å². The average Bonchev–Trinajstić information content (AvgIpc) is 3.04. The summed E-state index contributed by atoms with van der Waals surface area (Å²) in [6.45, 7) is 3.09. The molecule has 0 aliphatic heterocycles. The van der Waals surface area contributed by atoms with E-state index in [0.29, 0.717) is 30.9 Å². The van der Waals surface area contributed by atoms with Crippen molar-refractivity contribution < 1.29 is 9.52 Å². The van der Waals surface area contributed by atoms with Crippen LogP contribution in [-0.2, 0) is 6.54 Å². The smallest absolute Gasteiger partial charge is 0.247 e. The maximum absolute atomic E-state index is 9.81. The fraction of sp³-hybridized carbons (Fsp3) is 0.556. The van der Waals surface area contributed by atoms with Gasteiger partial charge in [-0.2, -0.15) is 0 Å². The minimum atomic E-state index is -0.353. The summed E-state index contributed by atoms with van der Waals surface area (Å²) >= 11 is 0. The normalized spacial score (nSPS) is 17.5. The molecule has 5 heteroatoms. The van der Waals surface area contributed by atoms with Crippen LogP contribution in [0, 0.1) is 0 Å². The molecule has 0 radical (unpaired) electrons. The van der Waals surface area contributed by atoms with Gasteiger partial charge in [-0.05, 0) is 31.9 Å². The minimum Gasteiger partial charge on any atom is -0.419 e. The van der Waals surface area contributed by atoms with Gasteiger partial charge in [0.25, 0.3) is 0 Å². The van der Waals surface area contributed by atoms with E-state index in [2.05, 4.69) is 15.1 Å². The van der Waals surface area contributed by atoms with Crippen molar-refractivity contribution in [3.8, 4) is 11.5 Å². The zero-order chi connectivity index (χ0) is 16.1. The van der Waals surface area contributed by atoms with E-state index in [1.165, 1.54) is 32.1 Å². The lowest BCUT2D eigenvalue weighted by molar-refractivity contribution is 0.0706. The third-order valence-corrected chi connectivity index (χ3v) is 4.42. The van der Waals surface area contributed by atoms with E-state index in [-0.39, 0.29) is 6.10 Å². The van der Waals surface area contributed by atoms with Crippen LogP contribution in [0.5, 0.6) is 0 Å². The molecule has 1 aromatic heterocycles. The number of benzene rings is 1. The number of rotatable bonds is 6. The van der Waals surface area contributed by atoms with E-state index >= 15 is 0 Å². The highest BCUT2D eigenvalue weighted by atomic mass is 16.4. The van der Waals surface area contributed by atoms with Crippen molar-refractivity contribution in [3.05, 3.63) is 36.2 Å². The largest absolute Gasteiger partial charge is 0.419 e. The van der Waals surface area contributed by atoms with Crippen LogP contribution in [0.3, 0.4) is 0 Å². The topological polar surface area (TPSA) is 62.4 Å². The van der Waals surface area contributed by atoms with Crippen LogP contribution in [0.4, 0.5) is 0 Å². The molecule has 0 amide bonds. The summed E-state index contributed by atoms with van der Waals surface area (Å²) in [7, 11) is 0. The average molecular weight is 315 g/mol. The van der Waals surface area contributed by atoms with E-state index in [9.17, 15) is 5.11 Å². The highest BCUT2D eigenvalue weighted by molar-refractivity contribution is 5.51. The number of hydrogen-bond acceptors (Lipinski definition) is 5. The Labute approximate surface area is 137 Å². The molecule has 1 heterocycles. The van der Waals surface area contributed by atoms with Crippen molar-refractivity contribution in [2.75, 3.05) is 6.54 Å². The molecule has 1 aliphatic rings. The third kappa shape index (κ3) is 4.39. The van der Waals surface area contributed by atoms with Gasteiger partial charge >= 0.3 is 0 Å². The lowest BCUT2D eigenvalue weighted by atomic mass is 9.94. The molecule has 0 saturated heterocycles. The van der Waals surface area contributed by atoms with Gasteiger partial charge in [-0.15, -0.1) is 10.2 Å². The first-order valence-electron chi connectivity index (χ1n) is 8.52. The summed E-state index contributed by atoms with van der Waals surface area (Å²) in [6, 6.07) is 10.3. The van der Waals surface area contributed by atoms with E-state index in [1.807, 2.05) is 37.3 Å². The van der Waals surface area contributed by atoms with E-state index < -0.39 is 0 Å². The van der Waals surface area contributed by atoms with Gasteiger partial charge in [0.1, 0.15) is 0 Å². The molecular weight excluding hydrogens is 290 g/mol. The van der Waals surface area contributed by atoms with Crippen LogP contribution < -0.4 is 0 Å². The second kappa shape index (κ2) is 7.70. The molecule has 23 heavy (non-hydrogen) atoms. The van der Waals surface area contributed by atoms with Crippen LogP contribution in [0.15, 0.2) is 34.7 Å². The van der Waals surface area contributed by atoms with Gasteiger partial charge in [-0.3, -0.25) is 4.90 Å². The van der Waals surface area contributed by atoms with Gasteiger partial charge in [-0.25, -0.2) is 0 Å². The Balaban J connectivity index is 1.70. The monoisotopic (exact) mass is 315 g/mol. The lowest BCUT2D eigenvalue weighted by Gasteiger charge is -2.34. The van der Waals surface area contributed by atoms with E-state index in [0.717, 1.165) is 5.56 Å². The Kier molecular flexibility index (Phi) is 5.41. The Hall–Kier alpha value is -1.72. The lowest BCUT2D eigenvalue weighted by Crippen LogP contribution is -2.40. The first kappa shape index (κ1) is 16.1. The van der Waals surface area contributed by atoms with Crippen LogP contribution in [-0.4, -0.2) is 38.9 Å². The van der Waals surface area contributed by atoms with Crippen molar-refractivity contribution >= 4 is 0 Å². The first-order valence-corrected chi connectivity index (χ1v) is 8.52. The zero-order valence-corrected chi connectivity index (χ0v) is 13.7. The van der Waals surface area contributed by atoms with Crippen molar-refractivity contribution in [3.63, 3.8) is 0 Å². The van der Waals surface area contributed by atoms with Gasteiger partial charge in [0.05, 0.1) is 12.6 Å². The molecule has 1 N–H and O–H groups in total. The molecule has 2 aromatic rings. The van der Waals surface area contributed by atoms with Crippen LogP contribution >= 0.6 is 0 Å². The molecule has 5 nitrogen and oxygen atoms in total. The van der Waals surface area contributed by atoms with Gasteiger partial charge < -0.3 is 9.52 Å². The second-order valence-electron chi connectivity index (χ2n) is 6.44. The predicted molar refractivity (Wildman–Crippen MR) is 88.7 cm³/mol. The molecule has 1 unspecified atom stereocenters. The fourth-order valence-electron chi connectivity index (χ4n) is 3.32. The maximum Gasteiger partial charge on any atom is 0.247 e. The summed E-state index contributed by atoms with van der Waals surface area (Å²) in [4.78, 5) is 2.30. The predicted octanol–water partition coefficient (Wildman–Crippen LogP) is 3.25. The molecule has 0 bridgehead atoms. The molecular formula is C18H25N3O2. The fourth-order valence-corrected chi connectivity index (χ4v) is 3.32. The Morgan fingerprint density at radius 1 is 1.17 bits per heavy atom. The molecule has 1 aliphatic carbocycles. The van der Waals surface area contributed by atoms with Gasteiger partial charge in [0, 0.05) is 18.2 Å². The van der Waals surface area contributed by atoms with Crippen molar-refractivity contribution in [2.45, 2.75) is 57.7 Å². The number of aliphatic hydroxyl groups is 1. The minimum absolute atomic E-state index is 0.353. The summed E-state index contributed by atoms with van der Waals surface area (Å²) < 4.78 is 5.83. The molecule has 1 atom stereocenters. The van der Waals surface area contributed by atoms with E-state index in [4.69, 9.17) is 4.42 Å². The van der Waals surface area contributed by atoms with Crippen LogP contribution in [0.25, 0.3) is 11.5 Å². The molecule has 1 saturated carbocycles. The molecule has 124 valence electrons. The molecule has 0 spiro atoms. The summed E-state index contributed by atoms with van der Waals surface area (Å²) in [6.07, 6.45) is 5.87. The summed E-state index contributed by atoms with van der Waals surface area (Å²) in [5, 5.41) is 18.2. The first-order chi connectivity index (χ1) is 11.2. The van der Waals surface area contributed by atoms with Crippen LogP contribution in [0.1, 0.15) is 44.9 Å². The van der Waals surface area contributed by atoms with Gasteiger partial charge in [0.2, 0.25) is 11.8 Å². The third-order valence-electron chi connectivity index (χ3n) is 4.42. The number of aromatic nitrogens is 2. The maximum atomic E-state index is 9.81. The molecule has 1 aromatic carbocycles. The Morgan fingerprint density at radius 2 is 1.91 bits per heavy atom. The number of aliphatic hydroxyl groups excluding tert-OH is 1. The number of hydrogen-bond donors (Lipinski definition) is 1. The Bertz CT molecular complexity index is 591. The molecule has 3 rings (SSSR count). The summed E-state index contributed by atoms with van der Waals surface area (Å²) in [5.41, 5.74) is 0.936. The van der Waals surface area contributed by atoms with Crippen molar-refractivity contribution in [1.82, 2.24) is 15.1 Å². The summed E-state index contributed by atoms with van der Waals surface area (Å²) in [5.74, 6) is 1.18. The SMILES string of the molecule is CC(O)CN(Cc1nnc(-c2ccccc2)o1)C1CCCCC1. The second-order valence-corrected chi connectivity index (χ2v) is 6.44. The Morgan fingerprint density at radius 3 is 2.61 bits per heavy atom. The van der Waals surface area contributed by atoms with Crippen LogP contribution in [0.2, 0.25) is 0 Å². The van der Waals surface area contributed by atoms with Crippen molar-refractivity contribution in [1.29, 1.82) is 0 Å². The highest BCUT2D eigenvalue weighted by Gasteiger charge is 2.24. The number of nitrogens with zero attached hydrogens (tertiary/aromatic N) is 3.